The molecular weight excluding hydrogens is 438 g/mol. The van der Waals surface area contributed by atoms with Gasteiger partial charge in [0.1, 0.15) is 5.82 Å². The summed E-state index contributed by atoms with van der Waals surface area (Å²) in [4.78, 5) is 24.5. The van der Waals surface area contributed by atoms with Gasteiger partial charge in [-0.05, 0) is 42.3 Å². The number of nitrogens with zero attached hydrogens (tertiary/aromatic N) is 3. The lowest BCUT2D eigenvalue weighted by Gasteiger charge is -2.09. The number of thioether (sulfide) groups is 1. The topological polar surface area (TPSA) is 102 Å². The fourth-order valence-electron chi connectivity index (χ4n) is 3.16. The molecule has 0 atom stereocenters. The zero-order valence-corrected chi connectivity index (χ0v) is 18.8. The minimum Gasteiger partial charge on any atom is -0.459 e. The fourth-order valence-corrected chi connectivity index (χ4v) is 3.97. The largest absolute Gasteiger partial charge is 0.459 e. The molecule has 0 aliphatic heterocycles. The standard InChI is InChI=1S/C24H23N5O3S/c1-17-27-28-24(29(17)15-18-7-3-2-4-8-18)33-16-22(30)25-14-19-9-5-10-20(13-19)26-23(31)21-11-6-12-32-21/h2-13H,14-16H2,1H3,(H,25,30)(H,26,31). The van der Waals surface area contributed by atoms with Crippen molar-refractivity contribution in [3.63, 3.8) is 0 Å². The number of carbonyl (C=O) groups is 2. The number of hydrogen-bond acceptors (Lipinski definition) is 6. The van der Waals surface area contributed by atoms with Crippen LogP contribution in [0.2, 0.25) is 0 Å². The van der Waals surface area contributed by atoms with Crippen LogP contribution < -0.4 is 10.6 Å². The van der Waals surface area contributed by atoms with Gasteiger partial charge in [0.05, 0.1) is 18.6 Å². The van der Waals surface area contributed by atoms with Gasteiger partial charge in [0.15, 0.2) is 10.9 Å². The lowest BCUT2D eigenvalue weighted by atomic mass is 10.2. The number of hydrogen-bond donors (Lipinski definition) is 2. The summed E-state index contributed by atoms with van der Waals surface area (Å²) >= 11 is 1.35. The summed E-state index contributed by atoms with van der Waals surface area (Å²) < 4.78 is 7.10. The SMILES string of the molecule is Cc1nnc(SCC(=O)NCc2cccc(NC(=O)c3ccco3)c2)n1Cc1ccccc1. The summed E-state index contributed by atoms with van der Waals surface area (Å²) in [6, 6.07) is 20.6. The molecule has 2 aromatic heterocycles. The van der Waals surface area contributed by atoms with Gasteiger partial charge in [-0.25, -0.2) is 0 Å². The Balaban J connectivity index is 1.29. The Kier molecular flexibility index (Phi) is 7.21. The minimum atomic E-state index is -0.326. The van der Waals surface area contributed by atoms with E-state index in [2.05, 4.69) is 20.8 Å². The van der Waals surface area contributed by atoms with Crippen LogP contribution in [0.1, 0.15) is 27.5 Å². The molecule has 8 nitrogen and oxygen atoms in total. The van der Waals surface area contributed by atoms with Crippen LogP contribution in [0, 0.1) is 6.92 Å². The second-order valence-corrected chi connectivity index (χ2v) is 8.24. The van der Waals surface area contributed by atoms with Crippen LogP contribution >= 0.6 is 11.8 Å². The van der Waals surface area contributed by atoms with Crippen LogP contribution in [0.3, 0.4) is 0 Å². The Morgan fingerprint density at radius 1 is 1.00 bits per heavy atom. The van der Waals surface area contributed by atoms with E-state index in [0.29, 0.717) is 23.9 Å². The van der Waals surface area contributed by atoms with Crippen molar-refractivity contribution in [2.45, 2.75) is 25.2 Å². The molecule has 0 unspecified atom stereocenters. The average Bonchev–Trinajstić information content (AvgIpc) is 3.48. The van der Waals surface area contributed by atoms with E-state index >= 15 is 0 Å². The number of benzene rings is 2. The molecule has 2 heterocycles. The molecule has 0 saturated carbocycles. The molecule has 0 saturated heterocycles. The van der Waals surface area contributed by atoms with Gasteiger partial charge in [0.25, 0.3) is 5.91 Å². The number of nitrogens with one attached hydrogen (secondary N) is 2. The summed E-state index contributed by atoms with van der Waals surface area (Å²) in [7, 11) is 0. The van der Waals surface area contributed by atoms with Crippen molar-refractivity contribution in [3.05, 3.63) is 95.7 Å². The maximum Gasteiger partial charge on any atom is 0.291 e. The number of rotatable bonds is 9. The molecule has 2 N–H and O–H groups in total. The van der Waals surface area contributed by atoms with Gasteiger partial charge in [0, 0.05) is 12.2 Å². The normalized spacial score (nSPS) is 10.7. The molecule has 33 heavy (non-hydrogen) atoms. The Bertz CT molecular complexity index is 1220. The zero-order valence-electron chi connectivity index (χ0n) is 18.0. The second-order valence-electron chi connectivity index (χ2n) is 7.30. The molecule has 0 spiro atoms. The predicted molar refractivity (Wildman–Crippen MR) is 126 cm³/mol. The third kappa shape index (κ3) is 6.11. The first-order valence-corrected chi connectivity index (χ1v) is 11.3. The first-order chi connectivity index (χ1) is 16.1. The van der Waals surface area contributed by atoms with E-state index in [1.165, 1.54) is 18.0 Å². The van der Waals surface area contributed by atoms with Crippen LogP contribution in [0.25, 0.3) is 0 Å². The highest BCUT2D eigenvalue weighted by molar-refractivity contribution is 7.99. The summed E-state index contributed by atoms with van der Waals surface area (Å²) in [5.41, 5.74) is 2.64. The maximum atomic E-state index is 12.4. The number of anilines is 1. The van der Waals surface area contributed by atoms with E-state index in [0.717, 1.165) is 17.0 Å². The molecule has 4 rings (SSSR count). The van der Waals surface area contributed by atoms with Gasteiger partial charge in [-0.3, -0.25) is 9.59 Å². The monoisotopic (exact) mass is 461 g/mol. The van der Waals surface area contributed by atoms with Crippen LogP contribution in [0.4, 0.5) is 5.69 Å². The Hall–Kier alpha value is -3.85. The number of carbonyl (C=O) groups excluding carboxylic acids is 2. The summed E-state index contributed by atoms with van der Waals surface area (Å²) in [5.74, 6) is 0.822. The molecule has 0 aliphatic carbocycles. The van der Waals surface area contributed by atoms with Crippen molar-refractivity contribution >= 4 is 29.3 Å². The first kappa shape index (κ1) is 22.3. The van der Waals surface area contributed by atoms with E-state index in [1.54, 1.807) is 18.2 Å². The molecule has 9 heteroatoms. The quantitative estimate of drug-likeness (QED) is 0.367. The highest BCUT2D eigenvalue weighted by Gasteiger charge is 2.13. The first-order valence-electron chi connectivity index (χ1n) is 10.4. The van der Waals surface area contributed by atoms with E-state index in [9.17, 15) is 9.59 Å². The van der Waals surface area contributed by atoms with Gasteiger partial charge in [-0.15, -0.1) is 10.2 Å². The Morgan fingerprint density at radius 3 is 2.61 bits per heavy atom. The molecular formula is C24H23N5O3S. The number of furan rings is 1. The van der Waals surface area contributed by atoms with Crippen molar-refractivity contribution in [3.8, 4) is 0 Å². The van der Waals surface area contributed by atoms with Crippen LogP contribution in [0.5, 0.6) is 0 Å². The van der Waals surface area contributed by atoms with E-state index in [4.69, 9.17) is 4.42 Å². The third-order valence-corrected chi connectivity index (χ3v) is 5.80. The van der Waals surface area contributed by atoms with E-state index < -0.39 is 0 Å². The van der Waals surface area contributed by atoms with Crippen molar-refractivity contribution in [1.29, 1.82) is 0 Å². The average molecular weight is 462 g/mol. The van der Waals surface area contributed by atoms with Crippen molar-refractivity contribution < 1.29 is 14.0 Å². The smallest absolute Gasteiger partial charge is 0.291 e. The second kappa shape index (κ2) is 10.6. The Labute approximate surface area is 195 Å². The van der Waals surface area contributed by atoms with Crippen molar-refractivity contribution in [2.75, 3.05) is 11.1 Å². The molecule has 2 aromatic carbocycles. The molecule has 4 aromatic rings. The Morgan fingerprint density at radius 2 is 1.82 bits per heavy atom. The molecule has 0 bridgehead atoms. The van der Waals surface area contributed by atoms with Gasteiger partial charge >= 0.3 is 0 Å². The maximum absolute atomic E-state index is 12.4. The highest BCUT2D eigenvalue weighted by atomic mass is 32.2. The van der Waals surface area contributed by atoms with E-state index in [-0.39, 0.29) is 23.3 Å². The van der Waals surface area contributed by atoms with Gasteiger partial charge in [0.2, 0.25) is 5.91 Å². The van der Waals surface area contributed by atoms with Gasteiger partial charge in [-0.2, -0.15) is 0 Å². The summed E-state index contributed by atoms with van der Waals surface area (Å²) in [6.07, 6.45) is 1.45. The van der Waals surface area contributed by atoms with Gasteiger partial charge in [-0.1, -0.05) is 54.2 Å². The molecule has 0 fully saturated rings. The van der Waals surface area contributed by atoms with Crippen LogP contribution in [0.15, 0.2) is 82.6 Å². The third-order valence-electron chi connectivity index (χ3n) is 4.84. The number of aromatic nitrogens is 3. The summed E-state index contributed by atoms with van der Waals surface area (Å²) in [6.45, 7) is 2.90. The van der Waals surface area contributed by atoms with Crippen molar-refractivity contribution in [1.82, 2.24) is 20.1 Å². The molecule has 168 valence electrons. The minimum absolute atomic E-state index is 0.114. The lowest BCUT2D eigenvalue weighted by Crippen LogP contribution is -2.24. The molecule has 2 amide bonds. The fraction of sp³-hybridized carbons (Fsp3) is 0.167. The summed E-state index contributed by atoms with van der Waals surface area (Å²) in [5, 5.41) is 14.8. The predicted octanol–water partition coefficient (Wildman–Crippen LogP) is 3.89. The molecule has 0 aliphatic rings. The van der Waals surface area contributed by atoms with E-state index in [1.807, 2.05) is 60.0 Å². The number of aryl methyl sites for hydroxylation is 1. The van der Waals surface area contributed by atoms with Crippen molar-refractivity contribution in [2.24, 2.45) is 0 Å². The number of amides is 2. The van der Waals surface area contributed by atoms with Crippen LogP contribution in [-0.4, -0.2) is 32.3 Å². The zero-order chi connectivity index (χ0) is 23.0. The lowest BCUT2D eigenvalue weighted by molar-refractivity contribution is -0.118. The molecule has 0 radical (unpaired) electrons. The van der Waals surface area contributed by atoms with Gasteiger partial charge < -0.3 is 19.6 Å². The highest BCUT2D eigenvalue weighted by Crippen LogP contribution is 2.18. The van der Waals surface area contributed by atoms with Crippen LogP contribution in [-0.2, 0) is 17.9 Å².